The summed E-state index contributed by atoms with van der Waals surface area (Å²) in [4.78, 5) is 58.5. The number of unbranched alkanes of at least 4 members (excludes halogenated alkanes) is 5. The fourth-order valence-corrected chi connectivity index (χ4v) is 10.8. The van der Waals surface area contributed by atoms with Crippen LogP contribution in [-0.2, 0) is 27.5 Å². The second-order valence-corrected chi connectivity index (χ2v) is 21.4. The molecular weight excluding hydrogens is 933 g/mol. The zero-order chi connectivity index (χ0) is 50.7. The number of methoxy groups -OCH3 is 1. The third-order valence-corrected chi connectivity index (χ3v) is 15.0. The molecule has 1 aliphatic heterocycles. The molecule has 5 N–H and O–H groups in total. The molecule has 0 radical (unpaired) electrons. The van der Waals surface area contributed by atoms with Crippen molar-refractivity contribution in [1.29, 1.82) is 0 Å². The smallest absolute Gasteiger partial charge is 0.246 e. The van der Waals surface area contributed by atoms with Crippen LogP contribution in [0, 0.1) is 19.3 Å². The standard InChI is InChI=1S/C55H70N8O6S2/c1-34(48-25-40(32-70-48)42-18-15-14-17-39(42)30-56-7)59-52-43-27-46(68-8)47(28-44(43)60-36(3)61-52)69-24-16-12-10-9-11-13-19-49(65)62-51(55(4,5)6)54(67)63-31-41(64)26-45(63)53(66)57-29-37-20-22-38(23-21-37)50-35(2)58-33-71-50/h14-15,17-18,20-23,25,27-28,32-34,41,45,51,56,64H,9-13,16,19,24,26,29-31H2,1-8H3,(H,57,66)(H,62,65)(H,59,60,61)/t34-,41+,45-,51+/m0/s1. The van der Waals surface area contributed by atoms with Gasteiger partial charge in [0.25, 0.3) is 0 Å². The molecule has 71 heavy (non-hydrogen) atoms. The maximum absolute atomic E-state index is 14.1. The number of fused-ring (bicyclic) bond motifs is 1. The minimum absolute atomic E-state index is 0.00632. The van der Waals surface area contributed by atoms with Crippen molar-refractivity contribution in [1.82, 2.24) is 35.8 Å². The average molecular weight is 1000 g/mol. The molecule has 1 saturated heterocycles. The summed E-state index contributed by atoms with van der Waals surface area (Å²) in [6, 6.07) is 20.9. The normalized spacial score (nSPS) is 15.6. The molecule has 0 spiro atoms. The number of amides is 3. The molecular formula is C55H70N8O6S2. The highest BCUT2D eigenvalue weighted by Crippen LogP contribution is 2.38. The highest BCUT2D eigenvalue weighted by atomic mass is 32.1. The second kappa shape index (κ2) is 24.5. The van der Waals surface area contributed by atoms with E-state index >= 15 is 0 Å². The van der Waals surface area contributed by atoms with Gasteiger partial charge in [-0.1, -0.05) is 95.0 Å². The maximum Gasteiger partial charge on any atom is 0.246 e. The average Bonchev–Trinajstić information content (AvgIpc) is 4.12. The van der Waals surface area contributed by atoms with Crippen LogP contribution in [0.3, 0.4) is 0 Å². The molecule has 4 heterocycles. The molecule has 1 aliphatic rings. The predicted octanol–water partition coefficient (Wildman–Crippen LogP) is 9.92. The second-order valence-electron chi connectivity index (χ2n) is 19.6. The van der Waals surface area contributed by atoms with Crippen LogP contribution in [0.1, 0.15) is 113 Å². The molecule has 0 unspecified atom stereocenters. The van der Waals surface area contributed by atoms with E-state index in [0.717, 1.165) is 77.1 Å². The predicted molar refractivity (Wildman–Crippen MR) is 285 cm³/mol. The number of hydrogen-bond acceptors (Lipinski definition) is 13. The van der Waals surface area contributed by atoms with Crippen molar-refractivity contribution in [2.24, 2.45) is 5.41 Å². The van der Waals surface area contributed by atoms with Crippen LogP contribution in [0.4, 0.5) is 5.82 Å². The van der Waals surface area contributed by atoms with Crippen LogP contribution in [0.5, 0.6) is 11.5 Å². The number of aliphatic hydroxyl groups excluding tert-OH is 1. The van der Waals surface area contributed by atoms with Gasteiger partial charge in [-0.3, -0.25) is 14.4 Å². The summed E-state index contributed by atoms with van der Waals surface area (Å²) in [5.41, 5.74) is 8.63. The summed E-state index contributed by atoms with van der Waals surface area (Å²) in [5, 5.41) is 26.6. The van der Waals surface area contributed by atoms with E-state index in [0.29, 0.717) is 36.8 Å². The van der Waals surface area contributed by atoms with Crippen LogP contribution in [0.15, 0.2) is 77.6 Å². The number of carbonyl (C=O) groups is 3. The number of nitrogens with one attached hydrogen (secondary N) is 4. The van der Waals surface area contributed by atoms with Gasteiger partial charge in [-0.15, -0.1) is 22.7 Å². The summed E-state index contributed by atoms with van der Waals surface area (Å²) in [6.45, 7) is 13.4. The number of aliphatic hydroxyl groups is 1. The number of β-amino-alcohol motifs (C(OH)–C–C–N with tert-alkyl or cyclic N) is 1. The lowest BCUT2D eigenvalue weighted by atomic mass is 9.85. The number of benzene rings is 3. The number of ether oxygens (including phenoxy) is 2. The van der Waals surface area contributed by atoms with Crippen molar-refractivity contribution in [3.8, 4) is 33.1 Å². The topological polar surface area (TPSA) is 180 Å². The largest absolute Gasteiger partial charge is 0.493 e. The first-order chi connectivity index (χ1) is 34.1. The number of anilines is 1. The summed E-state index contributed by atoms with van der Waals surface area (Å²) in [7, 11) is 3.61. The fraction of sp³-hybridized carbons (Fsp3) is 0.455. The van der Waals surface area contributed by atoms with Gasteiger partial charge in [0.05, 0.1) is 47.5 Å². The van der Waals surface area contributed by atoms with E-state index in [1.54, 1.807) is 29.8 Å². The number of thiazole rings is 1. The van der Waals surface area contributed by atoms with Crippen molar-refractivity contribution in [2.75, 3.05) is 32.6 Å². The lowest BCUT2D eigenvalue weighted by Gasteiger charge is -2.35. The molecule has 16 heteroatoms. The molecule has 3 aromatic heterocycles. The van der Waals surface area contributed by atoms with Crippen LogP contribution in [0.2, 0.25) is 0 Å². The van der Waals surface area contributed by atoms with Crippen LogP contribution >= 0.6 is 22.7 Å². The minimum Gasteiger partial charge on any atom is -0.493 e. The van der Waals surface area contributed by atoms with E-state index in [-0.39, 0.29) is 43.3 Å². The number of rotatable bonds is 23. The SMILES string of the molecule is CNCc1ccccc1-c1csc([C@H](C)Nc2nc(C)nc3cc(OCCCCCCCCC(=O)N[C@H](C(=O)N4C[C@H](O)C[C@H]4C(=O)NCc4ccc(-c5scnc5C)cc4)C(C)(C)C)c(OC)cc23)c1. The van der Waals surface area contributed by atoms with E-state index in [1.165, 1.54) is 26.5 Å². The highest BCUT2D eigenvalue weighted by molar-refractivity contribution is 7.13. The van der Waals surface area contributed by atoms with Crippen LogP contribution in [-0.4, -0.2) is 88.2 Å². The molecule has 1 fully saturated rings. The molecule has 0 aliphatic carbocycles. The van der Waals surface area contributed by atoms with E-state index in [1.807, 2.05) is 83.6 Å². The first kappa shape index (κ1) is 52.9. The highest BCUT2D eigenvalue weighted by Gasteiger charge is 2.44. The number of carbonyl (C=O) groups excluding carboxylic acids is 3. The number of aromatic nitrogens is 3. The molecule has 3 aromatic carbocycles. The van der Waals surface area contributed by atoms with Crippen molar-refractivity contribution in [2.45, 2.75) is 130 Å². The van der Waals surface area contributed by atoms with E-state index < -0.39 is 23.6 Å². The minimum atomic E-state index is -0.860. The summed E-state index contributed by atoms with van der Waals surface area (Å²) >= 11 is 3.32. The molecule has 14 nitrogen and oxygen atoms in total. The molecule has 0 bridgehead atoms. The Morgan fingerprint density at radius 3 is 2.37 bits per heavy atom. The Balaban J connectivity index is 0.834. The van der Waals surface area contributed by atoms with Gasteiger partial charge in [0.15, 0.2) is 11.5 Å². The van der Waals surface area contributed by atoms with Crippen LogP contribution in [0.25, 0.3) is 32.5 Å². The van der Waals surface area contributed by atoms with Gasteiger partial charge < -0.3 is 40.7 Å². The Kier molecular flexibility index (Phi) is 18.2. The number of likely N-dealkylation sites (tertiary alicyclic amines) is 1. The quantitative estimate of drug-likeness (QED) is 0.0386. The molecule has 378 valence electrons. The molecule has 0 saturated carbocycles. The monoisotopic (exact) mass is 1000 g/mol. The van der Waals surface area contributed by atoms with Gasteiger partial charge in [-0.05, 0) is 91.4 Å². The van der Waals surface area contributed by atoms with Crippen LogP contribution < -0.4 is 30.7 Å². The first-order valence-electron chi connectivity index (χ1n) is 24.8. The Morgan fingerprint density at radius 1 is 0.901 bits per heavy atom. The Labute approximate surface area is 426 Å². The maximum atomic E-state index is 14.1. The number of thiophene rings is 1. The first-order valence-corrected chi connectivity index (χ1v) is 26.5. The third kappa shape index (κ3) is 13.7. The third-order valence-electron chi connectivity index (χ3n) is 13.0. The van der Waals surface area contributed by atoms with Crippen molar-refractivity contribution in [3.05, 3.63) is 105 Å². The van der Waals surface area contributed by atoms with Crippen molar-refractivity contribution < 1.29 is 29.0 Å². The summed E-state index contributed by atoms with van der Waals surface area (Å²) in [6.07, 6.45) is 4.95. The van der Waals surface area contributed by atoms with Gasteiger partial charge in [-0.2, -0.15) is 0 Å². The molecule has 7 rings (SSSR count). The Hall–Kier alpha value is -5.94. The van der Waals surface area contributed by atoms with Gasteiger partial charge in [-0.25, -0.2) is 15.0 Å². The summed E-state index contributed by atoms with van der Waals surface area (Å²) in [5.74, 6) is 1.76. The zero-order valence-electron chi connectivity index (χ0n) is 42.4. The Bertz CT molecular complexity index is 2750. The van der Waals surface area contributed by atoms with Gasteiger partial charge in [0.2, 0.25) is 17.7 Å². The number of hydrogen-bond donors (Lipinski definition) is 5. The molecule has 4 atom stereocenters. The fourth-order valence-electron chi connectivity index (χ4n) is 9.07. The summed E-state index contributed by atoms with van der Waals surface area (Å²) < 4.78 is 12.1. The van der Waals surface area contributed by atoms with E-state index in [4.69, 9.17) is 19.4 Å². The molecule has 6 aromatic rings. The van der Waals surface area contributed by atoms with Gasteiger partial charge >= 0.3 is 0 Å². The van der Waals surface area contributed by atoms with Gasteiger partial charge in [0.1, 0.15) is 23.7 Å². The Morgan fingerprint density at radius 2 is 1.65 bits per heavy atom. The van der Waals surface area contributed by atoms with Crippen molar-refractivity contribution >= 4 is 57.1 Å². The van der Waals surface area contributed by atoms with E-state index in [9.17, 15) is 19.5 Å². The lowest BCUT2D eigenvalue weighted by Crippen LogP contribution is -2.57. The van der Waals surface area contributed by atoms with Gasteiger partial charge in [0, 0.05) is 48.8 Å². The molecule has 3 amide bonds. The number of nitrogens with zero attached hydrogens (tertiary/aromatic N) is 4. The van der Waals surface area contributed by atoms with Crippen molar-refractivity contribution in [3.63, 3.8) is 0 Å². The lowest BCUT2D eigenvalue weighted by molar-refractivity contribution is -0.144. The number of aryl methyl sites for hydroxylation is 2. The van der Waals surface area contributed by atoms with E-state index in [2.05, 4.69) is 68.9 Å². The zero-order valence-corrected chi connectivity index (χ0v) is 44.0.